The van der Waals surface area contributed by atoms with Crippen molar-refractivity contribution in [3.63, 3.8) is 0 Å². The SMILES string of the molecule is CNCc1nc(C(C)C)ncc1OCc1cccc(Cl)c1. The van der Waals surface area contributed by atoms with Gasteiger partial charge in [-0.25, -0.2) is 9.97 Å². The van der Waals surface area contributed by atoms with Gasteiger partial charge in [-0.15, -0.1) is 0 Å². The molecule has 1 heterocycles. The highest BCUT2D eigenvalue weighted by atomic mass is 35.5. The summed E-state index contributed by atoms with van der Waals surface area (Å²) in [5.74, 6) is 1.83. The van der Waals surface area contributed by atoms with Gasteiger partial charge in [0.05, 0.1) is 11.9 Å². The second-order valence-electron chi connectivity index (χ2n) is 5.14. The maximum absolute atomic E-state index is 5.97. The number of halogens is 1. The number of ether oxygens (including phenoxy) is 1. The molecule has 4 nitrogen and oxygen atoms in total. The number of aromatic nitrogens is 2. The zero-order chi connectivity index (χ0) is 15.2. The molecule has 5 heteroatoms. The first kappa shape index (κ1) is 15.7. The molecule has 1 N–H and O–H groups in total. The first-order valence-electron chi connectivity index (χ1n) is 6.97. The number of nitrogens with zero attached hydrogens (tertiary/aromatic N) is 2. The minimum Gasteiger partial charge on any atom is -0.485 e. The molecule has 1 aromatic carbocycles. The standard InChI is InChI=1S/C16H20ClN3O/c1-11(2)16-19-9-15(14(20-16)8-18-3)21-10-12-5-4-6-13(17)7-12/h4-7,9,11,18H,8,10H2,1-3H3. The van der Waals surface area contributed by atoms with E-state index in [0.29, 0.717) is 29.8 Å². The fourth-order valence-electron chi connectivity index (χ4n) is 1.90. The fourth-order valence-corrected chi connectivity index (χ4v) is 2.12. The van der Waals surface area contributed by atoms with Gasteiger partial charge in [0.15, 0.2) is 5.75 Å². The zero-order valence-electron chi connectivity index (χ0n) is 12.6. The highest BCUT2D eigenvalue weighted by Crippen LogP contribution is 2.20. The number of hydrogen-bond donors (Lipinski definition) is 1. The summed E-state index contributed by atoms with van der Waals surface area (Å²) in [6, 6.07) is 7.63. The molecular weight excluding hydrogens is 286 g/mol. The summed E-state index contributed by atoms with van der Waals surface area (Å²) in [4.78, 5) is 8.93. The summed E-state index contributed by atoms with van der Waals surface area (Å²) in [6.07, 6.45) is 1.75. The van der Waals surface area contributed by atoms with Crippen LogP contribution in [0.15, 0.2) is 30.5 Å². The summed E-state index contributed by atoms with van der Waals surface area (Å²) in [5.41, 5.74) is 1.89. The summed E-state index contributed by atoms with van der Waals surface area (Å²) in [6.45, 7) is 5.24. The molecule has 0 fully saturated rings. The van der Waals surface area contributed by atoms with Gasteiger partial charge < -0.3 is 10.1 Å². The van der Waals surface area contributed by atoms with Crippen molar-refractivity contribution in [3.05, 3.63) is 52.6 Å². The Bertz CT molecular complexity index is 602. The van der Waals surface area contributed by atoms with E-state index in [1.807, 2.05) is 31.3 Å². The Balaban J connectivity index is 2.15. The third kappa shape index (κ3) is 4.41. The predicted molar refractivity (Wildman–Crippen MR) is 84.7 cm³/mol. The average Bonchev–Trinajstić information content (AvgIpc) is 2.46. The second-order valence-corrected chi connectivity index (χ2v) is 5.58. The molecule has 21 heavy (non-hydrogen) atoms. The van der Waals surface area contributed by atoms with Crippen molar-refractivity contribution < 1.29 is 4.74 Å². The van der Waals surface area contributed by atoms with Crippen molar-refractivity contribution in [1.82, 2.24) is 15.3 Å². The normalized spacial score (nSPS) is 10.9. The molecule has 2 aromatic rings. The molecule has 112 valence electrons. The van der Waals surface area contributed by atoms with Gasteiger partial charge in [-0.1, -0.05) is 37.6 Å². The van der Waals surface area contributed by atoms with Crippen molar-refractivity contribution in [2.24, 2.45) is 0 Å². The number of hydrogen-bond acceptors (Lipinski definition) is 4. The van der Waals surface area contributed by atoms with E-state index in [0.717, 1.165) is 17.1 Å². The van der Waals surface area contributed by atoms with Crippen molar-refractivity contribution in [2.75, 3.05) is 7.05 Å². The van der Waals surface area contributed by atoms with Crippen LogP contribution in [0.25, 0.3) is 0 Å². The molecule has 0 spiro atoms. The van der Waals surface area contributed by atoms with Crippen molar-refractivity contribution in [2.45, 2.75) is 32.9 Å². The van der Waals surface area contributed by atoms with Crippen LogP contribution in [0.3, 0.4) is 0 Å². The number of benzene rings is 1. The van der Waals surface area contributed by atoms with E-state index >= 15 is 0 Å². The Morgan fingerprint density at radius 3 is 2.81 bits per heavy atom. The van der Waals surface area contributed by atoms with Crippen LogP contribution in [0, 0.1) is 0 Å². The maximum Gasteiger partial charge on any atom is 0.160 e. The topological polar surface area (TPSA) is 47.0 Å². The second kappa shape index (κ2) is 7.38. The van der Waals surface area contributed by atoms with Crippen LogP contribution in [0.1, 0.15) is 36.8 Å². The lowest BCUT2D eigenvalue weighted by atomic mass is 10.2. The average molecular weight is 306 g/mol. The van der Waals surface area contributed by atoms with Crippen LogP contribution in [-0.2, 0) is 13.2 Å². The zero-order valence-corrected chi connectivity index (χ0v) is 13.3. The van der Waals surface area contributed by atoms with Gasteiger partial charge in [0.1, 0.15) is 12.4 Å². The highest BCUT2D eigenvalue weighted by Gasteiger charge is 2.10. The van der Waals surface area contributed by atoms with Gasteiger partial charge in [-0.3, -0.25) is 0 Å². The van der Waals surface area contributed by atoms with Gasteiger partial charge >= 0.3 is 0 Å². The molecule has 0 aliphatic carbocycles. The Hall–Kier alpha value is -1.65. The van der Waals surface area contributed by atoms with E-state index in [-0.39, 0.29) is 0 Å². The van der Waals surface area contributed by atoms with Crippen molar-refractivity contribution >= 4 is 11.6 Å². The van der Waals surface area contributed by atoms with Gasteiger partial charge in [0.2, 0.25) is 0 Å². The molecule has 0 atom stereocenters. The van der Waals surface area contributed by atoms with Crippen LogP contribution in [-0.4, -0.2) is 17.0 Å². The van der Waals surface area contributed by atoms with Gasteiger partial charge in [-0.05, 0) is 24.7 Å². The molecule has 0 radical (unpaired) electrons. The largest absolute Gasteiger partial charge is 0.485 e. The Morgan fingerprint density at radius 1 is 1.33 bits per heavy atom. The smallest absolute Gasteiger partial charge is 0.160 e. The molecule has 0 amide bonds. The molecule has 0 unspecified atom stereocenters. The van der Waals surface area contributed by atoms with Gasteiger partial charge in [-0.2, -0.15) is 0 Å². The Morgan fingerprint density at radius 2 is 2.14 bits per heavy atom. The Labute approximate surface area is 130 Å². The first-order chi connectivity index (χ1) is 10.1. The van der Waals surface area contributed by atoms with Crippen LogP contribution in [0.2, 0.25) is 5.02 Å². The van der Waals surface area contributed by atoms with E-state index in [2.05, 4.69) is 29.1 Å². The van der Waals surface area contributed by atoms with E-state index < -0.39 is 0 Å². The Kier molecular flexibility index (Phi) is 5.53. The molecule has 0 aliphatic heterocycles. The lowest BCUT2D eigenvalue weighted by Crippen LogP contribution is -2.12. The number of rotatable bonds is 6. The van der Waals surface area contributed by atoms with Crippen molar-refractivity contribution in [3.8, 4) is 5.75 Å². The van der Waals surface area contributed by atoms with Crippen LogP contribution >= 0.6 is 11.6 Å². The molecular formula is C16H20ClN3O. The minimum absolute atomic E-state index is 0.294. The van der Waals surface area contributed by atoms with Crippen molar-refractivity contribution in [1.29, 1.82) is 0 Å². The lowest BCUT2D eigenvalue weighted by Gasteiger charge is -2.13. The van der Waals surface area contributed by atoms with E-state index in [1.54, 1.807) is 6.20 Å². The third-order valence-electron chi connectivity index (χ3n) is 2.99. The third-order valence-corrected chi connectivity index (χ3v) is 3.23. The fraction of sp³-hybridized carbons (Fsp3) is 0.375. The predicted octanol–water partition coefficient (Wildman–Crippen LogP) is 3.55. The van der Waals surface area contributed by atoms with Crippen LogP contribution in [0.4, 0.5) is 0 Å². The van der Waals surface area contributed by atoms with E-state index in [4.69, 9.17) is 16.3 Å². The number of nitrogens with one attached hydrogen (secondary N) is 1. The minimum atomic E-state index is 0.294. The van der Waals surface area contributed by atoms with E-state index in [1.165, 1.54) is 0 Å². The molecule has 2 rings (SSSR count). The lowest BCUT2D eigenvalue weighted by molar-refractivity contribution is 0.298. The highest BCUT2D eigenvalue weighted by molar-refractivity contribution is 6.30. The molecule has 1 aromatic heterocycles. The summed E-state index contributed by atoms with van der Waals surface area (Å²) < 4.78 is 5.84. The molecule has 0 bridgehead atoms. The monoisotopic (exact) mass is 305 g/mol. The summed E-state index contributed by atoms with van der Waals surface area (Å²) in [7, 11) is 1.89. The van der Waals surface area contributed by atoms with Crippen LogP contribution < -0.4 is 10.1 Å². The molecule has 0 saturated carbocycles. The summed E-state index contributed by atoms with van der Waals surface area (Å²) in [5, 5.41) is 3.81. The maximum atomic E-state index is 5.97. The molecule has 0 saturated heterocycles. The van der Waals surface area contributed by atoms with Gasteiger partial charge in [0.25, 0.3) is 0 Å². The first-order valence-corrected chi connectivity index (χ1v) is 7.35. The molecule has 0 aliphatic rings. The summed E-state index contributed by atoms with van der Waals surface area (Å²) >= 11 is 5.97. The van der Waals surface area contributed by atoms with Gasteiger partial charge in [0, 0.05) is 17.5 Å². The quantitative estimate of drug-likeness (QED) is 0.886. The van der Waals surface area contributed by atoms with Crippen LogP contribution in [0.5, 0.6) is 5.75 Å². The van der Waals surface area contributed by atoms with E-state index in [9.17, 15) is 0 Å².